The number of hydrogen-bond acceptors (Lipinski definition) is 0. The normalized spacial score (nSPS) is 7.07. The first-order valence-corrected chi connectivity index (χ1v) is 9.00. The van der Waals surface area contributed by atoms with E-state index in [9.17, 15) is 0 Å². The Balaban J connectivity index is -0.000000282. The Morgan fingerprint density at radius 3 is 0.250 bits per heavy atom. The first-order chi connectivity index (χ1) is 13.0. The number of benzene rings is 4. The molecule has 4 aromatic carbocycles. The molecule has 0 bridgehead atoms. The van der Waals surface area contributed by atoms with Gasteiger partial charge in [-0.25, -0.2) is 0 Å². The van der Waals surface area contributed by atoms with Gasteiger partial charge in [-0.05, 0) is 0 Å². The van der Waals surface area contributed by atoms with Crippen LogP contribution in [0.2, 0.25) is 0 Å². The predicted octanol–water partition coefficient (Wildman–Crippen LogP) is 6.12. The van der Waals surface area contributed by atoms with Gasteiger partial charge < -0.3 is 11.0 Å². The molecule has 0 aliphatic rings. The molecule has 28 heavy (non-hydrogen) atoms. The van der Waals surface area contributed by atoms with E-state index in [1.165, 1.54) is 0 Å². The first kappa shape index (κ1) is 29.6. The van der Waals surface area contributed by atoms with Crippen LogP contribution in [-0.2, 0) is 0 Å². The van der Waals surface area contributed by atoms with E-state index in [2.05, 4.69) is 0 Å². The lowest BCUT2D eigenvalue weighted by molar-refractivity contribution is 0.823. The molecule has 0 spiro atoms. The van der Waals surface area contributed by atoms with Crippen molar-refractivity contribution in [3.63, 3.8) is 0 Å². The van der Waals surface area contributed by atoms with Crippen LogP contribution in [-0.4, -0.2) is 11.0 Å². The molecule has 150 valence electrons. The molecule has 2 heteroatoms. The highest BCUT2D eigenvalue weighted by Gasteiger charge is 1.59. The summed E-state index contributed by atoms with van der Waals surface area (Å²) in [6.07, 6.45) is 0. The summed E-state index contributed by atoms with van der Waals surface area (Å²) in [5, 5.41) is 0. The Morgan fingerprint density at radius 1 is 0.179 bits per heavy atom. The average molecular weight is 379 g/mol. The van der Waals surface area contributed by atoms with Crippen LogP contribution in [0.25, 0.3) is 0 Å². The van der Waals surface area contributed by atoms with Crippen molar-refractivity contribution < 1.29 is 11.0 Å². The molecule has 0 saturated heterocycles. The zero-order chi connectivity index (χ0) is 19.0. The zero-order valence-electron chi connectivity index (χ0n) is 16.9. The molecule has 0 aromatic heterocycles. The van der Waals surface area contributed by atoms with Crippen LogP contribution in [0.3, 0.4) is 0 Å². The van der Waals surface area contributed by atoms with E-state index < -0.39 is 0 Å². The highest BCUT2D eigenvalue weighted by atomic mass is 16.0. The molecule has 2 nitrogen and oxygen atoms in total. The Labute approximate surface area is 170 Å². The van der Waals surface area contributed by atoms with Gasteiger partial charge in [0, 0.05) is 0 Å². The lowest BCUT2D eigenvalue weighted by Gasteiger charge is -1.69. The van der Waals surface area contributed by atoms with Gasteiger partial charge in [0.2, 0.25) is 0 Å². The summed E-state index contributed by atoms with van der Waals surface area (Å²) in [5.41, 5.74) is 0. The van der Waals surface area contributed by atoms with Crippen LogP contribution in [0, 0.1) is 0 Å². The maximum absolute atomic E-state index is 2.00. The molecule has 0 atom stereocenters. The second kappa shape index (κ2) is 28.6. The molecular formula is C26H34O2. The van der Waals surface area contributed by atoms with Gasteiger partial charge in [0.05, 0.1) is 0 Å². The van der Waals surface area contributed by atoms with E-state index in [0.29, 0.717) is 0 Å². The van der Waals surface area contributed by atoms with Crippen molar-refractivity contribution in [3.05, 3.63) is 146 Å². The van der Waals surface area contributed by atoms with Gasteiger partial charge >= 0.3 is 0 Å². The lowest BCUT2D eigenvalue weighted by Crippen LogP contribution is -1.47. The van der Waals surface area contributed by atoms with Crippen LogP contribution >= 0.6 is 0 Å². The molecule has 0 aliphatic carbocycles. The smallest absolute Gasteiger partial charge is 0.0623 e. The molecule has 0 aliphatic heterocycles. The summed E-state index contributed by atoms with van der Waals surface area (Å²) >= 11 is 0. The molecule has 4 rings (SSSR count). The summed E-state index contributed by atoms with van der Waals surface area (Å²) in [6, 6.07) is 48.0. The second-order valence-corrected chi connectivity index (χ2v) is 4.62. The fraction of sp³-hybridized carbons (Fsp3) is 0.0769. The van der Waals surface area contributed by atoms with E-state index in [1.54, 1.807) is 0 Å². The summed E-state index contributed by atoms with van der Waals surface area (Å²) in [7, 11) is 0. The molecule has 4 aromatic rings. The van der Waals surface area contributed by atoms with Crippen molar-refractivity contribution in [2.75, 3.05) is 0 Å². The summed E-state index contributed by atoms with van der Waals surface area (Å²) in [5.74, 6) is 0. The highest BCUT2D eigenvalue weighted by molar-refractivity contribution is 5.00. The van der Waals surface area contributed by atoms with Crippen LogP contribution in [0.1, 0.15) is 13.8 Å². The minimum Gasteiger partial charge on any atom is -0.412 e. The van der Waals surface area contributed by atoms with E-state index in [1.807, 2.05) is 159 Å². The summed E-state index contributed by atoms with van der Waals surface area (Å²) in [4.78, 5) is 0. The Hall–Kier alpha value is -3.20. The number of rotatable bonds is 0. The highest BCUT2D eigenvalue weighted by Crippen LogP contribution is 1.81. The molecule has 0 heterocycles. The Bertz CT molecular complexity index is 424. The third-order valence-corrected chi connectivity index (χ3v) is 2.67. The van der Waals surface area contributed by atoms with E-state index in [4.69, 9.17) is 0 Å². The monoisotopic (exact) mass is 378 g/mol. The van der Waals surface area contributed by atoms with Gasteiger partial charge in [-0.15, -0.1) is 0 Å². The minimum atomic E-state index is 0. The molecule has 4 N–H and O–H groups in total. The number of hydrogen-bond donors (Lipinski definition) is 0. The maximum Gasteiger partial charge on any atom is -0.0623 e. The van der Waals surface area contributed by atoms with Gasteiger partial charge in [0.15, 0.2) is 0 Å². The standard InChI is InChI=1S/4C6H6.C2H6.2H2O/c4*1-2-4-6-5-3-1;1-2;;/h4*1-6H;1-2H3;2*1H2. The predicted molar refractivity (Wildman–Crippen MR) is 124 cm³/mol. The molecule has 0 amide bonds. The quantitative estimate of drug-likeness (QED) is 0.354. The Kier molecular flexibility index (Phi) is 30.2. The van der Waals surface area contributed by atoms with Crippen LogP contribution in [0.15, 0.2) is 146 Å². The molecular weight excluding hydrogens is 344 g/mol. The van der Waals surface area contributed by atoms with Crippen molar-refractivity contribution >= 4 is 0 Å². The third-order valence-electron chi connectivity index (χ3n) is 2.67. The van der Waals surface area contributed by atoms with Crippen molar-refractivity contribution in [3.8, 4) is 0 Å². The Morgan fingerprint density at radius 2 is 0.214 bits per heavy atom. The van der Waals surface area contributed by atoms with Crippen molar-refractivity contribution in [1.82, 2.24) is 0 Å². The molecule has 0 unspecified atom stereocenters. The lowest BCUT2D eigenvalue weighted by atomic mass is 10.4. The second-order valence-electron chi connectivity index (χ2n) is 4.62. The van der Waals surface area contributed by atoms with E-state index in [-0.39, 0.29) is 11.0 Å². The molecule has 0 saturated carbocycles. The van der Waals surface area contributed by atoms with Crippen LogP contribution < -0.4 is 0 Å². The molecule has 0 radical (unpaired) electrons. The SMILES string of the molecule is CC.O.O.c1ccccc1.c1ccccc1.c1ccccc1.c1ccccc1. The van der Waals surface area contributed by atoms with Gasteiger partial charge in [0.1, 0.15) is 0 Å². The fourth-order valence-corrected chi connectivity index (χ4v) is 1.54. The van der Waals surface area contributed by atoms with E-state index >= 15 is 0 Å². The van der Waals surface area contributed by atoms with Gasteiger partial charge in [-0.1, -0.05) is 159 Å². The minimum absolute atomic E-state index is 0. The summed E-state index contributed by atoms with van der Waals surface area (Å²) in [6.45, 7) is 4.00. The van der Waals surface area contributed by atoms with Crippen molar-refractivity contribution in [2.45, 2.75) is 13.8 Å². The topological polar surface area (TPSA) is 63.0 Å². The fourth-order valence-electron chi connectivity index (χ4n) is 1.54. The van der Waals surface area contributed by atoms with E-state index in [0.717, 1.165) is 0 Å². The van der Waals surface area contributed by atoms with Crippen molar-refractivity contribution in [2.24, 2.45) is 0 Å². The maximum atomic E-state index is 2.00. The largest absolute Gasteiger partial charge is 0.412 e. The van der Waals surface area contributed by atoms with Gasteiger partial charge in [-0.2, -0.15) is 0 Å². The van der Waals surface area contributed by atoms with Crippen LogP contribution in [0.5, 0.6) is 0 Å². The molecule has 0 fully saturated rings. The van der Waals surface area contributed by atoms with Crippen molar-refractivity contribution in [1.29, 1.82) is 0 Å². The van der Waals surface area contributed by atoms with Gasteiger partial charge in [-0.3, -0.25) is 0 Å². The third kappa shape index (κ3) is 25.0. The zero-order valence-corrected chi connectivity index (χ0v) is 16.9. The summed E-state index contributed by atoms with van der Waals surface area (Å²) < 4.78 is 0. The van der Waals surface area contributed by atoms with Crippen LogP contribution in [0.4, 0.5) is 0 Å². The first-order valence-electron chi connectivity index (χ1n) is 9.00. The average Bonchev–Trinajstić information content (AvgIpc) is 2.81. The van der Waals surface area contributed by atoms with Gasteiger partial charge in [0.25, 0.3) is 0 Å².